The molecule has 1 rings (SSSR count). The number of hydrogen-bond donors (Lipinski definition) is 2. The number of hydrogen-bond acceptors (Lipinski definition) is 2. The van der Waals surface area contributed by atoms with Gasteiger partial charge in [-0.3, -0.25) is 10.1 Å². The van der Waals surface area contributed by atoms with E-state index in [0.29, 0.717) is 10.7 Å². The number of nitrogens with one attached hydrogen (secondary N) is 2. The van der Waals surface area contributed by atoms with Crippen molar-refractivity contribution in [1.29, 1.82) is 0 Å². The van der Waals surface area contributed by atoms with Gasteiger partial charge in [-0.25, -0.2) is 0 Å². The van der Waals surface area contributed by atoms with Crippen molar-refractivity contribution in [3.05, 3.63) is 35.4 Å². The maximum atomic E-state index is 12.3. The molecule has 2 N–H and O–H groups in total. The monoisotopic (exact) mass is 460 g/mol. The lowest BCUT2D eigenvalue weighted by Crippen LogP contribution is -2.39. The van der Waals surface area contributed by atoms with E-state index in [-0.39, 0.29) is 11.3 Å². The molecule has 0 radical (unpaired) electrons. The fourth-order valence-electron chi connectivity index (χ4n) is 3.86. The number of amides is 1. The SMILES string of the molecule is CCCCCCCCCCCCCCCCNC(=S)NC(=O)c1ccc(C(C)(C)C)cc1. The van der Waals surface area contributed by atoms with Gasteiger partial charge in [0.2, 0.25) is 0 Å². The van der Waals surface area contributed by atoms with Crippen LogP contribution in [0, 0.1) is 0 Å². The van der Waals surface area contributed by atoms with Gasteiger partial charge >= 0.3 is 0 Å². The van der Waals surface area contributed by atoms with Crippen molar-refractivity contribution in [1.82, 2.24) is 10.6 Å². The molecule has 0 unspecified atom stereocenters. The molecule has 32 heavy (non-hydrogen) atoms. The number of thiocarbonyl (C=S) groups is 1. The smallest absolute Gasteiger partial charge is 0.257 e. The van der Waals surface area contributed by atoms with Crippen molar-refractivity contribution in [3.8, 4) is 0 Å². The summed E-state index contributed by atoms with van der Waals surface area (Å²) >= 11 is 5.27. The number of benzene rings is 1. The lowest BCUT2D eigenvalue weighted by molar-refractivity contribution is 0.0976. The summed E-state index contributed by atoms with van der Waals surface area (Å²) in [6, 6.07) is 7.76. The molecule has 182 valence electrons. The van der Waals surface area contributed by atoms with Crippen molar-refractivity contribution in [3.63, 3.8) is 0 Å². The van der Waals surface area contributed by atoms with E-state index in [2.05, 4.69) is 38.3 Å². The lowest BCUT2D eigenvalue weighted by Gasteiger charge is -2.19. The van der Waals surface area contributed by atoms with Gasteiger partial charge < -0.3 is 5.32 Å². The fourth-order valence-corrected chi connectivity index (χ4v) is 4.06. The van der Waals surface area contributed by atoms with Crippen LogP contribution in [-0.4, -0.2) is 17.6 Å². The lowest BCUT2D eigenvalue weighted by atomic mass is 9.87. The molecule has 0 saturated carbocycles. The van der Waals surface area contributed by atoms with Gasteiger partial charge in [-0.15, -0.1) is 0 Å². The Kier molecular flexibility index (Phi) is 15.3. The zero-order valence-electron chi connectivity index (χ0n) is 21.2. The van der Waals surface area contributed by atoms with E-state index in [1.165, 1.54) is 89.0 Å². The highest BCUT2D eigenvalue weighted by atomic mass is 32.1. The van der Waals surface area contributed by atoms with Gasteiger partial charge in [0.05, 0.1) is 0 Å². The molecule has 0 aliphatic rings. The van der Waals surface area contributed by atoms with E-state index >= 15 is 0 Å². The molecule has 0 aromatic heterocycles. The summed E-state index contributed by atoms with van der Waals surface area (Å²) in [5.41, 5.74) is 1.94. The highest BCUT2D eigenvalue weighted by Gasteiger charge is 2.14. The van der Waals surface area contributed by atoms with Gasteiger partial charge in [0, 0.05) is 12.1 Å². The van der Waals surface area contributed by atoms with Gasteiger partial charge in [0.15, 0.2) is 5.11 Å². The summed E-state index contributed by atoms with van der Waals surface area (Å²) in [5, 5.41) is 6.37. The molecule has 1 aromatic carbocycles. The first-order valence-corrected chi connectivity index (χ1v) is 13.4. The van der Waals surface area contributed by atoms with Crippen molar-refractivity contribution in [2.45, 2.75) is 123 Å². The number of rotatable bonds is 16. The Labute approximate surface area is 203 Å². The maximum Gasteiger partial charge on any atom is 0.257 e. The average Bonchev–Trinajstić information content (AvgIpc) is 2.76. The molecule has 4 heteroatoms. The van der Waals surface area contributed by atoms with Crippen LogP contribution in [0.3, 0.4) is 0 Å². The molecule has 0 aliphatic heterocycles. The predicted molar refractivity (Wildman–Crippen MR) is 144 cm³/mol. The third-order valence-electron chi connectivity index (χ3n) is 6.06. The Morgan fingerprint density at radius 3 is 1.62 bits per heavy atom. The minimum Gasteiger partial charge on any atom is -0.362 e. The van der Waals surface area contributed by atoms with E-state index < -0.39 is 0 Å². The van der Waals surface area contributed by atoms with Crippen LogP contribution < -0.4 is 10.6 Å². The zero-order chi connectivity index (χ0) is 23.7. The minimum absolute atomic E-state index is 0.0828. The summed E-state index contributed by atoms with van der Waals surface area (Å²) in [6.45, 7) is 9.59. The van der Waals surface area contributed by atoms with Crippen LogP contribution >= 0.6 is 12.2 Å². The van der Waals surface area contributed by atoms with Crippen molar-refractivity contribution in [2.75, 3.05) is 6.54 Å². The second-order valence-electron chi connectivity index (χ2n) is 10.1. The highest BCUT2D eigenvalue weighted by molar-refractivity contribution is 7.80. The average molecular weight is 461 g/mol. The molecule has 0 atom stereocenters. The number of carbonyl (C=O) groups excluding carboxylic acids is 1. The second-order valence-corrected chi connectivity index (χ2v) is 10.5. The Bertz CT molecular complexity index is 634. The van der Waals surface area contributed by atoms with E-state index in [4.69, 9.17) is 12.2 Å². The van der Waals surface area contributed by atoms with Crippen LogP contribution in [0.15, 0.2) is 24.3 Å². The van der Waals surface area contributed by atoms with Gasteiger partial charge in [-0.1, -0.05) is 123 Å². The van der Waals surface area contributed by atoms with Crippen LogP contribution in [0.1, 0.15) is 134 Å². The Hall–Kier alpha value is -1.42. The van der Waals surface area contributed by atoms with E-state index in [1.54, 1.807) is 0 Å². The molecule has 0 aliphatic carbocycles. The fraction of sp³-hybridized carbons (Fsp3) is 0.714. The predicted octanol–water partition coefficient (Wildman–Crippen LogP) is 8.07. The first kappa shape index (κ1) is 28.6. The summed E-state index contributed by atoms with van der Waals surface area (Å²) in [4.78, 5) is 12.3. The number of carbonyl (C=O) groups is 1. The minimum atomic E-state index is -0.149. The summed E-state index contributed by atoms with van der Waals surface area (Å²) in [6.07, 6.45) is 19.0. The van der Waals surface area contributed by atoms with E-state index in [9.17, 15) is 4.79 Å². The Morgan fingerprint density at radius 1 is 0.750 bits per heavy atom. The van der Waals surface area contributed by atoms with Crippen LogP contribution in [0.4, 0.5) is 0 Å². The van der Waals surface area contributed by atoms with Crippen LogP contribution in [0.2, 0.25) is 0 Å². The third-order valence-corrected chi connectivity index (χ3v) is 6.30. The zero-order valence-corrected chi connectivity index (χ0v) is 22.0. The van der Waals surface area contributed by atoms with Crippen molar-refractivity contribution >= 4 is 23.2 Å². The summed E-state index contributed by atoms with van der Waals surface area (Å²) in [5.74, 6) is -0.149. The largest absolute Gasteiger partial charge is 0.362 e. The molecular formula is C28H48N2OS. The Balaban J connectivity index is 1.98. The normalized spacial score (nSPS) is 11.4. The third kappa shape index (κ3) is 13.9. The van der Waals surface area contributed by atoms with Gasteiger partial charge in [0.25, 0.3) is 5.91 Å². The summed E-state index contributed by atoms with van der Waals surface area (Å²) in [7, 11) is 0. The van der Waals surface area contributed by atoms with E-state index in [0.717, 1.165) is 13.0 Å². The Morgan fingerprint density at radius 2 is 1.19 bits per heavy atom. The van der Waals surface area contributed by atoms with Crippen molar-refractivity contribution < 1.29 is 4.79 Å². The molecule has 0 bridgehead atoms. The van der Waals surface area contributed by atoms with Gasteiger partial charge in [-0.2, -0.15) is 0 Å². The molecule has 0 saturated heterocycles. The topological polar surface area (TPSA) is 41.1 Å². The van der Waals surface area contributed by atoms with Crippen LogP contribution in [-0.2, 0) is 5.41 Å². The molecule has 0 spiro atoms. The standard InChI is InChI=1S/C28H48N2OS/c1-5-6-7-8-9-10-11-12-13-14-15-16-17-18-23-29-27(32)30-26(31)24-19-21-25(22-20-24)28(2,3)4/h19-22H,5-18,23H2,1-4H3,(H2,29,30,31,32). The molecule has 0 heterocycles. The summed E-state index contributed by atoms with van der Waals surface area (Å²) < 4.78 is 0. The first-order valence-electron chi connectivity index (χ1n) is 13.0. The highest BCUT2D eigenvalue weighted by Crippen LogP contribution is 2.22. The molecule has 0 fully saturated rings. The molecule has 1 amide bonds. The van der Waals surface area contributed by atoms with Crippen molar-refractivity contribution in [2.24, 2.45) is 0 Å². The van der Waals surface area contributed by atoms with Crippen LogP contribution in [0.5, 0.6) is 0 Å². The maximum absolute atomic E-state index is 12.3. The molecular weight excluding hydrogens is 412 g/mol. The van der Waals surface area contributed by atoms with Crippen LogP contribution in [0.25, 0.3) is 0 Å². The van der Waals surface area contributed by atoms with Gasteiger partial charge in [0.1, 0.15) is 0 Å². The van der Waals surface area contributed by atoms with E-state index in [1.807, 2.05) is 24.3 Å². The molecule has 1 aromatic rings. The quantitative estimate of drug-likeness (QED) is 0.193. The van der Waals surface area contributed by atoms with Gasteiger partial charge in [-0.05, 0) is 41.7 Å². The molecule has 3 nitrogen and oxygen atoms in total. The first-order chi connectivity index (χ1) is 15.3. The number of unbranched alkanes of at least 4 members (excludes halogenated alkanes) is 13. The second kappa shape index (κ2) is 17.1.